The summed E-state index contributed by atoms with van der Waals surface area (Å²) in [6, 6.07) is 0. The van der Waals surface area contributed by atoms with Gasteiger partial charge in [0.05, 0.1) is 0 Å². The molecule has 10 heavy (non-hydrogen) atoms. The summed E-state index contributed by atoms with van der Waals surface area (Å²) >= 11 is 0. The van der Waals surface area contributed by atoms with Gasteiger partial charge in [-0.3, -0.25) is 0 Å². The molecular formula is C7H13LiO2. The fourth-order valence-electron chi connectivity index (χ4n) is 0.441. The first-order valence-electron chi connectivity index (χ1n) is 3.02. The van der Waals surface area contributed by atoms with Gasteiger partial charge >= 0.3 is 24.8 Å². The average Bonchev–Trinajstić information content (AvgIpc) is 1.63. The van der Waals surface area contributed by atoms with E-state index in [0.717, 1.165) is 6.42 Å². The number of carboxylic acids is 1. The van der Waals surface area contributed by atoms with Gasteiger partial charge in [0.2, 0.25) is 0 Å². The molecule has 0 saturated heterocycles. The van der Waals surface area contributed by atoms with E-state index >= 15 is 0 Å². The van der Waals surface area contributed by atoms with E-state index < -0.39 is 5.97 Å². The maximum absolute atomic E-state index is 9.89. The summed E-state index contributed by atoms with van der Waals surface area (Å²) in [7, 11) is 0. The Labute approximate surface area is 75.0 Å². The number of hydrogen-bond acceptors (Lipinski definition) is 1. The topological polar surface area (TPSA) is 37.3 Å². The van der Waals surface area contributed by atoms with Gasteiger partial charge in [0, 0.05) is 6.08 Å². The van der Waals surface area contributed by atoms with Gasteiger partial charge in [0.15, 0.2) is 0 Å². The van der Waals surface area contributed by atoms with E-state index in [-0.39, 0.29) is 20.3 Å². The molecule has 0 saturated carbocycles. The fraction of sp³-hybridized carbons (Fsp3) is 0.571. The van der Waals surface area contributed by atoms with E-state index in [2.05, 4.69) is 0 Å². The van der Waals surface area contributed by atoms with E-state index in [1.807, 2.05) is 13.8 Å². The quantitative estimate of drug-likeness (QED) is 0.390. The van der Waals surface area contributed by atoms with Crippen LogP contribution in [0.25, 0.3) is 0 Å². The predicted octanol–water partition coefficient (Wildman–Crippen LogP) is -1.21. The van der Waals surface area contributed by atoms with Gasteiger partial charge in [-0.25, -0.2) is 4.79 Å². The smallest absolute Gasteiger partial charge is 1.00 e. The zero-order chi connectivity index (χ0) is 7.28. The van der Waals surface area contributed by atoms with Crippen LogP contribution in [0.15, 0.2) is 12.2 Å². The van der Waals surface area contributed by atoms with Gasteiger partial charge in [-0.15, -0.1) is 0 Å². The SMILES string of the molecule is CC(C)C/C=C/C(=O)O.[H-].[Li+]. The Hall–Kier alpha value is -0.193. The van der Waals surface area contributed by atoms with Crippen molar-refractivity contribution in [2.45, 2.75) is 20.3 Å². The first-order valence-corrected chi connectivity index (χ1v) is 3.02. The molecule has 0 amide bonds. The van der Waals surface area contributed by atoms with E-state index in [9.17, 15) is 4.79 Å². The minimum Gasteiger partial charge on any atom is -1.00 e. The van der Waals surface area contributed by atoms with Gasteiger partial charge < -0.3 is 6.53 Å². The Kier molecular flexibility index (Phi) is 8.64. The monoisotopic (exact) mass is 136 g/mol. The third kappa shape index (κ3) is 10.7. The molecule has 0 heterocycles. The van der Waals surface area contributed by atoms with Crippen LogP contribution in [-0.4, -0.2) is 11.1 Å². The number of rotatable bonds is 3. The summed E-state index contributed by atoms with van der Waals surface area (Å²) in [5, 5.41) is 8.14. The first-order chi connectivity index (χ1) is 4.13. The van der Waals surface area contributed by atoms with Crippen LogP contribution in [0.5, 0.6) is 0 Å². The standard InChI is InChI=1S/C7H12O2.Li.H/c1-6(2)4-3-5-7(8)9;;/h3,5-6H,4H2,1-2H3,(H,8,9);;/q;+1;-1/b5-3+;;. The van der Waals surface area contributed by atoms with Crippen molar-refractivity contribution in [3.63, 3.8) is 0 Å². The third-order valence-electron chi connectivity index (χ3n) is 0.868. The zero-order valence-corrected chi connectivity index (χ0v) is 6.79. The number of allylic oxidation sites excluding steroid dienone is 1. The number of carbonyl (C=O) groups is 1. The molecule has 3 heteroatoms. The van der Waals surface area contributed by atoms with Gasteiger partial charge in [-0.2, -0.15) is 0 Å². The Morgan fingerprint density at radius 2 is 2.20 bits per heavy atom. The van der Waals surface area contributed by atoms with Crippen LogP contribution < -0.4 is 18.9 Å². The molecule has 0 aliphatic carbocycles. The molecule has 0 radical (unpaired) electrons. The molecule has 0 atom stereocenters. The summed E-state index contributed by atoms with van der Waals surface area (Å²) in [4.78, 5) is 9.89. The van der Waals surface area contributed by atoms with Crippen molar-refractivity contribution in [2.24, 2.45) is 5.92 Å². The Morgan fingerprint density at radius 3 is 2.50 bits per heavy atom. The Morgan fingerprint density at radius 1 is 1.70 bits per heavy atom. The summed E-state index contributed by atoms with van der Waals surface area (Å²) in [5.74, 6) is -0.323. The summed E-state index contributed by atoms with van der Waals surface area (Å²) in [6.45, 7) is 4.10. The zero-order valence-electron chi connectivity index (χ0n) is 7.79. The molecule has 0 bridgehead atoms. The molecule has 2 nitrogen and oxygen atoms in total. The van der Waals surface area contributed by atoms with Gasteiger partial charge in [-0.1, -0.05) is 19.9 Å². The van der Waals surface area contributed by atoms with Crippen LogP contribution in [0.4, 0.5) is 0 Å². The summed E-state index contributed by atoms with van der Waals surface area (Å²) < 4.78 is 0. The predicted molar refractivity (Wildman–Crippen MR) is 37.3 cm³/mol. The van der Waals surface area contributed by atoms with E-state index in [1.165, 1.54) is 6.08 Å². The van der Waals surface area contributed by atoms with E-state index in [4.69, 9.17) is 5.11 Å². The van der Waals surface area contributed by atoms with Crippen molar-refractivity contribution in [3.8, 4) is 0 Å². The van der Waals surface area contributed by atoms with Crippen molar-refractivity contribution < 1.29 is 30.2 Å². The Balaban J connectivity index is -0.000000320. The van der Waals surface area contributed by atoms with Crippen LogP contribution in [0.1, 0.15) is 21.7 Å². The van der Waals surface area contributed by atoms with Crippen molar-refractivity contribution in [1.29, 1.82) is 0 Å². The van der Waals surface area contributed by atoms with Crippen molar-refractivity contribution in [1.82, 2.24) is 0 Å². The molecule has 0 unspecified atom stereocenters. The molecule has 1 N–H and O–H groups in total. The third-order valence-corrected chi connectivity index (χ3v) is 0.868. The summed E-state index contributed by atoms with van der Waals surface area (Å²) in [6.07, 6.45) is 3.69. The number of hydrogen-bond donors (Lipinski definition) is 1. The fourth-order valence-corrected chi connectivity index (χ4v) is 0.441. The van der Waals surface area contributed by atoms with Crippen LogP contribution in [0, 0.1) is 5.92 Å². The molecule has 0 rings (SSSR count). The number of carboxylic acid groups (broad SMARTS) is 1. The summed E-state index contributed by atoms with van der Waals surface area (Å²) in [5.41, 5.74) is 0. The maximum Gasteiger partial charge on any atom is 1.00 e. The van der Waals surface area contributed by atoms with Gasteiger partial charge in [-0.05, 0) is 12.3 Å². The molecule has 0 aliphatic rings. The Bertz CT molecular complexity index is 124. The molecule has 0 fully saturated rings. The van der Waals surface area contributed by atoms with Gasteiger partial charge in [0.25, 0.3) is 0 Å². The molecular weight excluding hydrogens is 123 g/mol. The second kappa shape index (κ2) is 6.92. The molecule has 0 aromatic heterocycles. The molecule has 0 spiro atoms. The molecule has 0 aromatic carbocycles. The van der Waals surface area contributed by atoms with E-state index in [0.29, 0.717) is 5.92 Å². The molecule has 0 aromatic rings. The van der Waals surface area contributed by atoms with Crippen LogP contribution in [-0.2, 0) is 4.79 Å². The molecule has 54 valence electrons. The van der Waals surface area contributed by atoms with Crippen LogP contribution in [0.2, 0.25) is 0 Å². The molecule has 0 aliphatic heterocycles. The second-order valence-electron chi connectivity index (χ2n) is 2.37. The minimum atomic E-state index is -0.865. The normalized spacial score (nSPS) is 9.90. The van der Waals surface area contributed by atoms with E-state index in [1.54, 1.807) is 6.08 Å². The van der Waals surface area contributed by atoms with Gasteiger partial charge in [0.1, 0.15) is 0 Å². The van der Waals surface area contributed by atoms with Crippen molar-refractivity contribution >= 4 is 5.97 Å². The average molecular weight is 136 g/mol. The maximum atomic E-state index is 9.89. The minimum absolute atomic E-state index is 0. The number of aliphatic carboxylic acids is 1. The van der Waals surface area contributed by atoms with Crippen molar-refractivity contribution in [2.75, 3.05) is 0 Å². The van der Waals surface area contributed by atoms with Crippen LogP contribution >= 0.6 is 0 Å². The van der Waals surface area contributed by atoms with Crippen molar-refractivity contribution in [3.05, 3.63) is 12.2 Å². The second-order valence-corrected chi connectivity index (χ2v) is 2.37. The van der Waals surface area contributed by atoms with Crippen LogP contribution in [0.3, 0.4) is 0 Å². The largest absolute Gasteiger partial charge is 1.00 e. The first kappa shape index (κ1) is 12.5.